The van der Waals surface area contributed by atoms with Gasteiger partial charge in [0.25, 0.3) is 5.91 Å². The number of benzene rings is 1. The van der Waals surface area contributed by atoms with Gasteiger partial charge in [0.05, 0.1) is 10.0 Å². The molecule has 1 amide bonds. The minimum absolute atomic E-state index is 0.149. The molecule has 0 saturated carbocycles. The number of hydrogen-bond donors (Lipinski definition) is 0. The zero-order valence-corrected chi connectivity index (χ0v) is 12.7. The van der Waals surface area contributed by atoms with Gasteiger partial charge in [-0.05, 0) is 28.1 Å². The number of hydrogen-bond acceptors (Lipinski definition) is 2. The Labute approximate surface area is 119 Å². The molecule has 0 aromatic heterocycles. The molecule has 2 rings (SSSR count). The van der Waals surface area contributed by atoms with Crippen LogP contribution in [0.15, 0.2) is 22.7 Å². The van der Waals surface area contributed by atoms with Crippen LogP contribution in [0.5, 0.6) is 0 Å². The van der Waals surface area contributed by atoms with Gasteiger partial charge in [0, 0.05) is 23.6 Å². The second-order valence-electron chi connectivity index (χ2n) is 4.57. The van der Waals surface area contributed by atoms with Crippen molar-refractivity contribution in [1.29, 1.82) is 0 Å². The molecule has 5 heteroatoms. The van der Waals surface area contributed by atoms with Crippen LogP contribution in [-0.4, -0.2) is 34.4 Å². The Morgan fingerprint density at radius 1 is 1.39 bits per heavy atom. The number of nitrogens with zero attached hydrogens (tertiary/aromatic N) is 1. The van der Waals surface area contributed by atoms with Gasteiger partial charge in [0.2, 0.25) is 0 Å². The number of rotatable bonds is 1. The van der Waals surface area contributed by atoms with E-state index in [1.165, 1.54) is 0 Å². The number of halogens is 2. The Morgan fingerprint density at radius 3 is 2.61 bits per heavy atom. The van der Waals surface area contributed by atoms with E-state index in [0.717, 1.165) is 0 Å². The smallest absolute Gasteiger partial charge is 0.256 e. The van der Waals surface area contributed by atoms with Crippen LogP contribution in [0.4, 0.5) is 4.39 Å². The van der Waals surface area contributed by atoms with E-state index in [0.29, 0.717) is 28.1 Å². The van der Waals surface area contributed by atoms with Crippen molar-refractivity contribution >= 4 is 33.6 Å². The Kier molecular flexibility index (Phi) is 4.33. The fraction of sp³-hybridized carbons (Fsp3) is 0.462. The summed E-state index contributed by atoms with van der Waals surface area (Å²) < 4.78 is 14.2. The maximum Gasteiger partial charge on any atom is 0.256 e. The first kappa shape index (κ1) is 13.9. The first-order chi connectivity index (χ1) is 8.49. The van der Waals surface area contributed by atoms with Crippen LogP contribution in [0, 0.1) is 5.82 Å². The zero-order valence-electron chi connectivity index (χ0n) is 10.3. The summed E-state index contributed by atoms with van der Waals surface area (Å²) >= 11 is 4.98. The second-order valence-corrected chi connectivity index (χ2v) is 7.30. The lowest BCUT2D eigenvalue weighted by Crippen LogP contribution is -2.44. The minimum Gasteiger partial charge on any atom is -0.336 e. The molecule has 2 nitrogen and oxygen atoms in total. The summed E-state index contributed by atoms with van der Waals surface area (Å²) in [4.78, 5) is 14.1. The minimum atomic E-state index is -0.471. The highest BCUT2D eigenvalue weighted by molar-refractivity contribution is 9.10. The van der Waals surface area contributed by atoms with Crippen molar-refractivity contribution in [3.05, 3.63) is 34.1 Å². The molecule has 0 aliphatic carbocycles. The summed E-state index contributed by atoms with van der Waals surface area (Å²) in [6.45, 7) is 5.55. The molecule has 18 heavy (non-hydrogen) atoms. The first-order valence-corrected chi connectivity index (χ1v) is 7.61. The van der Waals surface area contributed by atoms with Crippen molar-refractivity contribution in [2.24, 2.45) is 0 Å². The third-order valence-electron chi connectivity index (χ3n) is 2.89. The molecule has 0 spiro atoms. The molecule has 0 N–H and O–H groups in total. The Morgan fingerprint density at radius 2 is 2.00 bits per heavy atom. The normalized spacial score (nSPS) is 24.1. The molecule has 1 heterocycles. The number of thioether (sulfide) groups is 1. The van der Waals surface area contributed by atoms with Gasteiger partial charge in [-0.25, -0.2) is 4.39 Å². The highest BCUT2D eigenvalue weighted by Crippen LogP contribution is 2.27. The Balaban J connectivity index is 2.23. The van der Waals surface area contributed by atoms with Gasteiger partial charge >= 0.3 is 0 Å². The molecule has 0 bridgehead atoms. The van der Waals surface area contributed by atoms with Crippen molar-refractivity contribution in [3.63, 3.8) is 0 Å². The van der Waals surface area contributed by atoms with E-state index in [2.05, 4.69) is 29.8 Å². The molecule has 1 aromatic rings. The van der Waals surface area contributed by atoms with E-state index in [-0.39, 0.29) is 11.5 Å². The van der Waals surface area contributed by atoms with Crippen LogP contribution in [0.3, 0.4) is 0 Å². The molecule has 2 atom stereocenters. The third kappa shape index (κ3) is 2.88. The topological polar surface area (TPSA) is 20.3 Å². The van der Waals surface area contributed by atoms with Gasteiger partial charge in [0.15, 0.2) is 0 Å². The van der Waals surface area contributed by atoms with E-state index >= 15 is 0 Å². The number of amides is 1. The van der Waals surface area contributed by atoms with Crippen molar-refractivity contribution in [2.45, 2.75) is 24.3 Å². The van der Waals surface area contributed by atoms with Crippen molar-refractivity contribution in [1.82, 2.24) is 4.90 Å². The molecular weight excluding hydrogens is 317 g/mol. The summed E-state index contributed by atoms with van der Waals surface area (Å²) in [5.41, 5.74) is 0.149. The molecule has 1 saturated heterocycles. The quantitative estimate of drug-likeness (QED) is 0.784. The summed E-state index contributed by atoms with van der Waals surface area (Å²) in [5.74, 6) is -0.686. The van der Waals surface area contributed by atoms with Gasteiger partial charge in [0.1, 0.15) is 5.82 Å². The molecule has 2 unspecified atom stereocenters. The zero-order chi connectivity index (χ0) is 13.3. The van der Waals surface area contributed by atoms with E-state index in [1.807, 2.05) is 11.8 Å². The summed E-state index contributed by atoms with van der Waals surface area (Å²) in [6, 6.07) is 4.83. The maximum absolute atomic E-state index is 13.9. The fourth-order valence-corrected chi connectivity index (χ4v) is 3.87. The standard InChI is InChI=1S/C13H15BrFNOS/c1-8-6-16(7-9(2)18-8)13(17)10-4-3-5-11(14)12(10)15/h3-5,8-9H,6-7H2,1-2H3. The van der Waals surface area contributed by atoms with E-state index in [9.17, 15) is 9.18 Å². The molecule has 1 fully saturated rings. The molecular formula is C13H15BrFNOS. The van der Waals surface area contributed by atoms with Crippen LogP contribution in [0.25, 0.3) is 0 Å². The average molecular weight is 332 g/mol. The largest absolute Gasteiger partial charge is 0.336 e. The fourth-order valence-electron chi connectivity index (χ4n) is 2.18. The maximum atomic E-state index is 13.9. The molecule has 1 aliphatic rings. The van der Waals surface area contributed by atoms with Gasteiger partial charge in [-0.15, -0.1) is 0 Å². The highest BCUT2D eigenvalue weighted by atomic mass is 79.9. The molecule has 1 aromatic carbocycles. The van der Waals surface area contributed by atoms with Gasteiger partial charge < -0.3 is 4.90 Å². The lowest BCUT2D eigenvalue weighted by atomic mass is 10.1. The number of carbonyl (C=O) groups is 1. The Bertz CT molecular complexity index is 458. The predicted octanol–water partition coefficient (Wildman–Crippen LogP) is 3.55. The lowest BCUT2D eigenvalue weighted by molar-refractivity contribution is 0.0748. The molecule has 1 aliphatic heterocycles. The lowest BCUT2D eigenvalue weighted by Gasteiger charge is -2.34. The van der Waals surface area contributed by atoms with Crippen LogP contribution in [-0.2, 0) is 0 Å². The van der Waals surface area contributed by atoms with Gasteiger partial charge in [-0.3, -0.25) is 4.79 Å². The second kappa shape index (κ2) is 5.61. The highest BCUT2D eigenvalue weighted by Gasteiger charge is 2.28. The summed E-state index contributed by atoms with van der Waals surface area (Å²) in [6.07, 6.45) is 0. The molecule has 98 valence electrons. The van der Waals surface area contributed by atoms with Crippen LogP contribution >= 0.6 is 27.7 Å². The third-order valence-corrected chi connectivity index (χ3v) is 4.73. The SMILES string of the molecule is CC1CN(C(=O)c2cccc(Br)c2F)CC(C)S1. The van der Waals surface area contributed by atoms with Crippen LogP contribution < -0.4 is 0 Å². The Hall–Kier alpha value is -0.550. The van der Waals surface area contributed by atoms with E-state index in [4.69, 9.17) is 0 Å². The summed E-state index contributed by atoms with van der Waals surface area (Å²) in [7, 11) is 0. The first-order valence-electron chi connectivity index (χ1n) is 5.87. The number of carbonyl (C=O) groups excluding carboxylic acids is 1. The van der Waals surface area contributed by atoms with Crippen molar-refractivity contribution < 1.29 is 9.18 Å². The van der Waals surface area contributed by atoms with E-state index in [1.54, 1.807) is 23.1 Å². The van der Waals surface area contributed by atoms with E-state index < -0.39 is 5.82 Å². The summed E-state index contributed by atoms with van der Waals surface area (Å²) in [5, 5.41) is 0.792. The van der Waals surface area contributed by atoms with Gasteiger partial charge in [-0.1, -0.05) is 19.9 Å². The van der Waals surface area contributed by atoms with Crippen molar-refractivity contribution in [3.8, 4) is 0 Å². The van der Waals surface area contributed by atoms with Crippen LogP contribution in [0.2, 0.25) is 0 Å². The van der Waals surface area contributed by atoms with Crippen LogP contribution in [0.1, 0.15) is 24.2 Å². The monoisotopic (exact) mass is 331 g/mol. The molecule has 0 radical (unpaired) electrons. The van der Waals surface area contributed by atoms with Gasteiger partial charge in [-0.2, -0.15) is 11.8 Å². The average Bonchev–Trinajstić information content (AvgIpc) is 2.30. The van der Waals surface area contributed by atoms with Crippen molar-refractivity contribution in [2.75, 3.05) is 13.1 Å². The predicted molar refractivity (Wildman–Crippen MR) is 76.5 cm³/mol.